The number of carbonyl (C=O) groups is 2. The van der Waals surface area contributed by atoms with E-state index in [4.69, 9.17) is 14.2 Å². The number of fused-ring (bicyclic) bond motifs is 3. The number of rotatable bonds is 8. The van der Waals surface area contributed by atoms with Crippen molar-refractivity contribution >= 4 is 24.8 Å². The first-order valence-electron chi connectivity index (χ1n) is 11.5. The Hall–Kier alpha value is -3.94. The predicted octanol–water partition coefficient (Wildman–Crippen LogP) is 4.11. The van der Waals surface area contributed by atoms with Gasteiger partial charge in [-0.05, 0) is 34.9 Å². The number of hydrogen-bond acceptors (Lipinski definition) is 5. The number of aliphatic carboxylic acids is 1. The van der Waals surface area contributed by atoms with Crippen LogP contribution in [0.3, 0.4) is 0 Å². The molecule has 1 aliphatic heterocycles. The van der Waals surface area contributed by atoms with Gasteiger partial charge in [0.25, 0.3) is 0 Å². The number of hydrogen-bond donors (Lipinski definition) is 1. The molecule has 0 unspecified atom stereocenters. The van der Waals surface area contributed by atoms with Crippen molar-refractivity contribution in [2.45, 2.75) is 38.4 Å². The molecule has 3 aromatic carbocycles. The fourth-order valence-electron chi connectivity index (χ4n) is 4.88. The zero-order chi connectivity index (χ0) is 24.5. The molecule has 7 nitrogen and oxygen atoms in total. The van der Waals surface area contributed by atoms with E-state index in [-0.39, 0.29) is 24.7 Å². The summed E-state index contributed by atoms with van der Waals surface area (Å²) in [7, 11) is 3.52. The Morgan fingerprint density at radius 1 is 1.11 bits per heavy atom. The van der Waals surface area contributed by atoms with Gasteiger partial charge in [-0.15, -0.1) is 0 Å². The summed E-state index contributed by atoms with van der Waals surface area (Å²) in [5.41, 5.74) is 4.73. The second-order valence-corrected chi connectivity index (χ2v) is 8.71. The Kier molecular flexibility index (Phi) is 6.11. The monoisotopic (exact) mass is 470 g/mol. The van der Waals surface area contributed by atoms with Crippen LogP contribution in [0.25, 0.3) is 0 Å². The Labute approximate surface area is 204 Å². The van der Waals surface area contributed by atoms with Gasteiger partial charge in [0.05, 0.1) is 26.1 Å². The highest BCUT2D eigenvalue weighted by atomic mass is 16.6. The molecule has 0 saturated carbocycles. The molecule has 35 heavy (non-hydrogen) atoms. The Morgan fingerprint density at radius 3 is 2.69 bits per heavy atom. The van der Waals surface area contributed by atoms with Crippen LogP contribution in [-0.4, -0.2) is 42.6 Å². The van der Waals surface area contributed by atoms with Crippen molar-refractivity contribution in [3.05, 3.63) is 82.9 Å². The highest BCUT2D eigenvalue weighted by Crippen LogP contribution is 2.44. The van der Waals surface area contributed by atoms with E-state index < -0.39 is 5.97 Å². The molecule has 2 aliphatic rings. The van der Waals surface area contributed by atoms with E-state index in [9.17, 15) is 14.7 Å². The van der Waals surface area contributed by atoms with Crippen LogP contribution in [0.15, 0.2) is 60.7 Å². The average Bonchev–Trinajstić information content (AvgIpc) is 3.35. The molecule has 2 atom stereocenters. The lowest BCUT2D eigenvalue weighted by atomic mass is 9.73. The number of amides is 1. The van der Waals surface area contributed by atoms with Gasteiger partial charge in [-0.25, -0.2) is 4.79 Å². The van der Waals surface area contributed by atoms with Crippen molar-refractivity contribution in [2.24, 2.45) is 0 Å². The summed E-state index contributed by atoms with van der Waals surface area (Å²) in [6.45, 7) is 2.26. The summed E-state index contributed by atoms with van der Waals surface area (Å²) in [4.78, 5) is 25.8. The molecule has 3 aromatic rings. The van der Waals surface area contributed by atoms with Crippen LogP contribution in [0.5, 0.6) is 17.2 Å². The van der Waals surface area contributed by atoms with Crippen molar-refractivity contribution in [1.29, 1.82) is 0 Å². The first-order chi connectivity index (χ1) is 17.0. The quantitative estimate of drug-likeness (QED) is 0.499. The number of ether oxygens (including phenoxy) is 3. The summed E-state index contributed by atoms with van der Waals surface area (Å²) in [5.74, 6) is 0.530. The maximum absolute atomic E-state index is 12.9. The Balaban J connectivity index is 1.48. The number of carboxylic acid groups (broad SMARTS) is 1. The van der Waals surface area contributed by atoms with Crippen LogP contribution in [0.4, 0.5) is 4.79 Å². The SMILES string of the molecule is C[B]c1ccc(Oc2cc(CC(=O)O)ccc2OC)c(CN2C(=O)O[C@@H]3Cc4ccccc4[C@@H]32)c1. The first kappa shape index (κ1) is 22.8. The van der Waals surface area contributed by atoms with Gasteiger partial charge < -0.3 is 19.3 Å². The summed E-state index contributed by atoms with van der Waals surface area (Å²) < 4.78 is 17.4. The number of carbonyl (C=O) groups excluding carboxylic acids is 1. The number of methoxy groups -OCH3 is 1. The molecule has 1 N–H and O–H groups in total. The van der Waals surface area contributed by atoms with Gasteiger partial charge in [-0.3, -0.25) is 9.69 Å². The molecule has 0 spiro atoms. The van der Waals surface area contributed by atoms with Gasteiger partial charge in [-0.2, -0.15) is 0 Å². The lowest BCUT2D eigenvalue weighted by Crippen LogP contribution is -2.28. The van der Waals surface area contributed by atoms with Crippen molar-refractivity contribution in [2.75, 3.05) is 7.11 Å². The van der Waals surface area contributed by atoms with Crippen LogP contribution in [-0.2, 0) is 28.9 Å². The minimum absolute atomic E-state index is 0.126. The second-order valence-electron chi connectivity index (χ2n) is 8.71. The summed E-state index contributed by atoms with van der Waals surface area (Å²) in [6.07, 6.45) is 0.0484. The average molecular weight is 470 g/mol. The standard InChI is InChI=1S/C27H25BNO6/c1-28-19-8-10-21(34-23-11-16(12-25(30)31)7-9-22(23)33-2)18(13-19)15-29-26-20-6-4-3-5-17(20)14-24(26)35-27(29)32/h3-11,13,24,26H,12,14-15H2,1-2H3,(H,30,31)/t24-,26+/m1/s1. The lowest BCUT2D eigenvalue weighted by Gasteiger charge is -2.23. The molecule has 1 radical (unpaired) electrons. The van der Waals surface area contributed by atoms with E-state index in [0.29, 0.717) is 35.8 Å². The van der Waals surface area contributed by atoms with Crippen LogP contribution in [0.1, 0.15) is 28.3 Å². The van der Waals surface area contributed by atoms with E-state index in [1.54, 1.807) is 23.1 Å². The van der Waals surface area contributed by atoms with Crippen molar-refractivity contribution in [3.8, 4) is 17.2 Å². The third-order valence-electron chi connectivity index (χ3n) is 6.53. The third kappa shape index (κ3) is 4.44. The van der Waals surface area contributed by atoms with Gasteiger partial charge in [0.1, 0.15) is 19.1 Å². The molecule has 0 aromatic heterocycles. The van der Waals surface area contributed by atoms with Crippen molar-refractivity contribution in [3.63, 3.8) is 0 Å². The molecule has 0 bridgehead atoms. The molecule has 177 valence electrons. The largest absolute Gasteiger partial charge is 0.493 e. The fourth-order valence-corrected chi connectivity index (χ4v) is 4.88. The molecule has 8 heteroatoms. The molecule has 1 heterocycles. The number of benzene rings is 3. The Bertz CT molecular complexity index is 1290. The van der Waals surface area contributed by atoms with E-state index in [1.165, 1.54) is 12.7 Å². The molecular weight excluding hydrogens is 445 g/mol. The van der Waals surface area contributed by atoms with Gasteiger partial charge >= 0.3 is 12.1 Å². The predicted molar refractivity (Wildman–Crippen MR) is 131 cm³/mol. The van der Waals surface area contributed by atoms with Crippen LogP contribution >= 0.6 is 0 Å². The zero-order valence-corrected chi connectivity index (χ0v) is 19.6. The summed E-state index contributed by atoms with van der Waals surface area (Å²) in [6, 6.07) is 18.8. The van der Waals surface area contributed by atoms with Crippen LogP contribution in [0.2, 0.25) is 6.82 Å². The summed E-state index contributed by atoms with van der Waals surface area (Å²) in [5, 5.41) is 9.18. The highest BCUT2D eigenvalue weighted by Gasteiger charge is 2.47. The molecule has 1 amide bonds. The summed E-state index contributed by atoms with van der Waals surface area (Å²) >= 11 is 0. The first-order valence-corrected chi connectivity index (χ1v) is 11.5. The molecule has 1 saturated heterocycles. The second kappa shape index (κ2) is 9.37. The van der Waals surface area contributed by atoms with Gasteiger partial charge in [0.2, 0.25) is 0 Å². The number of carboxylic acids is 1. The molecule has 5 rings (SSSR count). The maximum Gasteiger partial charge on any atom is 0.411 e. The highest BCUT2D eigenvalue weighted by molar-refractivity contribution is 6.51. The lowest BCUT2D eigenvalue weighted by molar-refractivity contribution is -0.136. The molecular formula is C27H25BNO6. The Morgan fingerprint density at radius 2 is 1.91 bits per heavy atom. The minimum atomic E-state index is -0.927. The maximum atomic E-state index is 12.9. The van der Waals surface area contributed by atoms with E-state index in [2.05, 4.69) is 12.1 Å². The topological polar surface area (TPSA) is 85.3 Å². The van der Waals surface area contributed by atoms with Crippen molar-refractivity contribution < 1.29 is 28.9 Å². The van der Waals surface area contributed by atoms with Gasteiger partial charge in [-0.1, -0.05) is 54.8 Å². The third-order valence-corrected chi connectivity index (χ3v) is 6.53. The minimum Gasteiger partial charge on any atom is -0.493 e. The van der Waals surface area contributed by atoms with E-state index >= 15 is 0 Å². The molecule has 1 fully saturated rings. The van der Waals surface area contributed by atoms with Gasteiger partial charge in [0.15, 0.2) is 11.5 Å². The normalized spacial score (nSPS) is 18.0. The van der Waals surface area contributed by atoms with E-state index in [1.807, 2.05) is 44.4 Å². The number of nitrogens with zero attached hydrogens (tertiary/aromatic N) is 1. The van der Waals surface area contributed by atoms with E-state index in [0.717, 1.165) is 16.6 Å². The fraction of sp³-hybridized carbons (Fsp3) is 0.259. The van der Waals surface area contributed by atoms with Crippen LogP contribution in [0, 0.1) is 0 Å². The smallest absolute Gasteiger partial charge is 0.411 e. The zero-order valence-electron chi connectivity index (χ0n) is 19.6. The van der Waals surface area contributed by atoms with Gasteiger partial charge in [0, 0.05) is 12.0 Å². The van der Waals surface area contributed by atoms with Crippen LogP contribution < -0.4 is 14.9 Å². The molecule has 1 aliphatic carbocycles. The van der Waals surface area contributed by atoms with Crippen molar-refractivity contribution in [1.82, 2.24) is 4.90 Å².